The number of methoxy groups -OCH3 is 1. The minimum Gasteiger partial charge on any atom is -0.484 e. The average molecular weight is 757 g/mol. The van der Waals surface area contributed by atoms with Crippen molar-refractivity contribution in [3.8, 4) is 5.75 Å². The molecule has 14 heteroatoms. The number of carbonyl (C=O) groups is 5. The molecule has 0 saturated carbocycles. The van der Waals surface area contributed by atoms with Gasteiger partial charge in [0.2, 0.25) is 17.7 Å². The number of carbonyl (C=O) groups excluding carboxylic acids is 5. The molecule has 0 spiro atoms. The summed E-state index contributed by atoms with van der Waals surface area (Å²) in [6, 6.07) is 15.5. The molecular formula is C41H52N6O8. The van der Waals surface area contributed by atoms with Crippen LogP contribution in [0.25, 0.3) is 0 Å². The van der Waals surface area contributed by atoms with Gasteiger partial charge >= 0.3 is 0 Å². The van der Waals surface area contributed by atoms with Gasteiger partial charge in [0.1, 0.15) is 23.4 Å². The van der Waals surface area contributed by atoms with Crippen LogP contribution in [-0.4, -0.2) is 109 Å². The molecular weight excluding hydrogens is 704 g/mol. The van der Waals surface area contributed by atoms with Crippen molar-refractivity contribution in [1.82, 2.24) is 30.3 Å². The van der Waals surface area contributed by atoms with E-state index in [9.17, 15) is 28.8 Å². The van der Waals surface area contributed by atoms with Crippen molar-refractivity contribution >= 4 is 29.5 Å². The highest BCUT2D eigenvalue weighted by Gasteiger charge is 2.40. The van der Waals surface area contributed by atoms with Crippen molar-refractivity contribution in [1.29, 1.82) is 0 Å². The van der Waals surface area contributed by atoms with Crippen LogP contribution in [0.15, 0.2) is 65.5 Å². The minimum atomic E-state index is -1.05. The van der Waals surface area contributed by atoms with E-state index in [1.54, 1.807) is 50.1 Å². The third kappa shape index (κ3) is 10.2. The number of benzene rings is 2. The second-order valence-electron chi connectivity index (χ2n) is 14.8. The standard InChI is InChI=1S/C41H52N6O8/c1-25(2)17-33-39(51)46(15-16-54-6)23-35(48)42-32(19-28-11-8-7-9-12-28)38(50)44-34-22-47(41(53)37-26(3)18-27(4)45(5)40(37)52)21-31(34)29-13-10-14-30(20-29)55-24-36(49)43-33/h7-14,18,20,25,31-34H,15-17,19,21-24H2,1-6H3,(H,42,48)(H,43,49)(H,44,50)/t31-,32-,33+,34+/m0/s1. The van der Waals surface area contributed by atoms with Gasteiger partial charge in [0.15, 0.2) is 6.61 Å². The summed E-state index contributed by atoms with van der Waals surface area (Å²) in [5.41, 5.74) is 2.46. The van der Waals surface area contributed by atoms with Gasteiger partial charge in [-0.15, -0.1) is 0 Å². The quantitative estimate of drug-likeness (QED) is 0.313. The smallest absolute Gasteiger partial charge is 0.263 e. The molecule has 5 amide bonds. The van der Waals surface area contributed by atoms with E-state index in [2.05, 4.69) is 16.0 Å². The van der Waals surface area contributed by atoms with Gasteiger partial charge in [0.05, 0.1) is 19.2 Å². The maximum absolute atomic E-state index is 14.3. The van der Waals surface area contributed by atoms with Gasteiger partial charge in [-0.3, -0.25) is 28.8 Å². The molecule has 294 valence electrons. The van der Waals surface area contributed by atoms with E-state index in [1.807, 2.05) is 50.2 Å². The number of amides is 5. The van der Waals surface area contributed by atoms with Crippen LogP contribution in [-0.2, 0) is 37.4 Å². The van der Waals surface area contributed by atoms with Crippen molar-refractivity contribution in [2.24, 2.45) is 13.0 Å². The van der Waals surface area contributed by atoms with Gasteiger partial charge in [-0.25, -0.2) is 0 Å². The molecule has 1 aromatic heterocycles. The first-order valence-corrected chi connectivity index (χ1v) is 18.7. The fraction of sp³-hybridized carbons (Fsp3) is 0.463. The highest BCUT2D eigenvalue weighted by molar-refractivity contribution is 5.96. The lowest BCUT2D eigenvalue weighted by Crippen LogP contribution is -2.56. The lowest BCUT2D eigenvalue weighted by atomic mass is 9.93. The predicted molar refractivity (Wildman–Crippen MR) is 206 cm³/mol. The largest absolute Gasteiger partial charge is 0.484 e. The molecule has 1 saturated heterocycles. The van der Waals surface area contributed by atoms with Gasteiger partial charge in [0, 0.05) is 51.8 Å². The first kappa shape index (κ1) is 40.7. The summed E-state index contributed by atoms with van der Waals surface area (Å²) < 4.78 is 12.6. The second-order valence-corrected chi connectivity index (χ2v) is 14.8. The Bertz CT molecular complexity index is 1950. The SMILES string of the molecule is COCCN1CC(=O)N[C@@H](Cc2ccccc2)C(=O)N[C@@H]2CN(C(=O)c3c(C)cc(C)n(C)c3=O)C[C@H]2c2cccc(c2)OCC(=O)N[C@H](CC(C)C)C1=O. The Morgan fingerprint density at radius 1 is 0.909 bits per heavy atom. The summed E-state index contributed by atoms with van der Waals surface area (Å²) in [6.07, 6.45) is 0.467. The third-order valence-corrected chi connectivity index (χ3v) is 10.2. The Balaban J connectivity index is 1.54. The number of hydrogen-bond acceptors (Lipinski definition) is 8. The molecule has 2 aliphatic heterocycles. The number of fused-ring (bicyclic) bond motifs is 4. The molecule has 0 unspecified atom stereocenters. The maximum atomic E-state index is 14.3. The number of aromatic nitrogens is 1. The summed E-state index contributed by atoms with van der Waals surface area (Å²) in [7, 11) is 3.11. The van der Waals surface area contributed by atoms with Crippen molar-refractivity contribution in [2.45, 2.75) is 64.6 Å². The zero-order valence-corrected chi connectivity index (χ0v) is 32.4. The average Bonchev–Trinajstić information content (AvgIpc) is 3.57. The number of nitrogens with zero attached hydrogens (tertiary/aromatic N) is 3. The van der Waals surface area contributed by atoms with Crippen molar-refractivity contribution in [3.63, 3.8) is 0 Å². The van der Waals surface area contributed by atoms with E-state index in [0.717, 1.165) is 16.8 Å². The van der Waals surface area contributed by atoms with Crippen LogP contribution in [0.5, 0.6) is 5.75 Å². The minimum absolute atomic E-state index is 0.0329. The predicted octanol–water partition coefficient (Wildman–Crippen LogP) is 1.85. The van der Waals surface area contributed by atoms with Gasteiger partial charge in [-0.2, -0.15) is 0 Å². The normalized spacial score (nSPS) is 21.2. The van der Waals surface area contributed by atoms with Crippen molar-refractivity contribution in [3.05, 3.63) is 99.0 Å². The zero-order valence-electron chi connectivity index (χ0n) is 32.4. The second kappa shape index (κ2) is 18.2. The maximum Gasteiger partial charge on any atom is 0.263 e. The van der Waals surface area contributed by atoms with Crippen LogP contribution in [0.4, 0.5) is 0 Å². The fourth-order valence-electron chi connectivity index (χ4n) is 7.21. The molecule has 3 heterocycles. The molecule has 0 aliphatic carbocycles. The molecule has 1 fully saturated rings. The number of hydrogen-bond donors (Lipinski definition) is 3. The van der Waals surface area contributed by atoms with E-state index in [0.29, 0.717) is 17.7 Å². The summed E-state index contributed by atoms with van der Waals surface area (Å²) in [6.45, 7) is 7.10. The molecule has 3 N–H and O–H groups in total. The van der Waals surface area contributed by atoms with Crippen LogP contribution in [0.3, 0.4) is 0 Å². The first-order valence-electron chi connectivity index (χ1n) is 18.7. The molecule has 2 aliphatic rings. The van der Waals surface area contributed by atoms with Crippen molar-refractivity contribution < 1.29 is 33.4 Å². The van der Waals surface area contributed by atoms with Gasteiger partial charge in [0.25, 0.3) is 17.4 Å². The number of nitrogens with one attached hydrogen (secondary N) is 3. The van der Waals surface area contributed by atoms with Gasteiger partial charge in [-0.05, 0) is 61.1 Å². The van der Waals surface area contributed by atoms with Gasteiger partial charge in [-0.1, -0.05) is 56.3 Å². The third-order valence-electron chi connectivity index (χ3n) is 10.2. The zero-order chi connectivity index (χ0) is 39.8. The van der Waals surface area contributed by atoms with E-state index in [1.165, 1.54) is 16.6 Å². The Morgan fingerprint density at radius 2 is 1.64 bits per heavy atom. The topological polar surface area (TPSA) is 168 Å². The molecule has 5 rings (SSSR count). The van der Waals surface area contributed by atoms with E-state index < -0.39 is 59.1 Å². The van der Waals surface area contributed by atoms with E-state index >= 15 is 0 Å². The Kier molecular flexibility index (Phi) is 13.5. The van der Waals surface area contributed by atoms with Crippen LogP contribution in [0.1, 0.15) is 58.9 Å². The van der Waals surface area contributed by atoms with E-state index in [4.69, 9.17) is 9.47 Å². The number of likely N-dealkylation sites (tertiary alicyclic amines) is 1. The highest BCUT2D eigenvalue weighted by Crippen LogP contribution is 2.31. The molecule has 0 radical (unpaired) electrons. The lowest BCUT2D eigenvalue weighted by Gasteiger charge is -2.29. The van der Waals surface area contributed by atoms with Crippen LogP contribution in [0.2, 0.25) is 0 Å². The van der Waals surface area contributed by atoms with Crippen molar-refractivity contribution in [2.75, 3.05) is 46.5 Å². The lowest BCUT2D eigenvalue weighted by molar-refractivity contribution is -0.141. The molecule has 2 bridgehead atoms. The summed E-state index contributed by atoms with van der Waals surface area (Å²) in [5.74, 6) is -2.49. The molecule has 4 atom stereocenters. The molecule has 55 heavy (non-hydrogen) atoms. The fourth-order valence-corrected chi connectivity index (χ4v) is 7.21. The number of aryl methyl sites for hydroxylation is 2. The number of rotatable bonds is 8. The summed E-state index contributed by atoms with van der Waals surface area (Å²) in [5, 5.41) is 8.79. The van der Waals surface area contributed by atoms with Crippen LogP contribution in [0, 0.1) is 19.8 Å². The Morgan fingerprint density at radius 3 is 2.35 bits per heavy atom. The van der Waals surface area contributed by atoms with Crippen LogP contribution >= 0.6 is 0 Å². The summed E-state index contributed by atoms with van der Waals surface area (Å²) >= 11 is 0. The molecule has 14 nitrogen and oxygen atoms in total. The van der Waals surface area contributed by atoms with E-state index in [-0.39, 0.29) is 57.3 Å². The monoisotopic (exact) mass is 756 g/mol. The van der Waals surface area contributed by atoms with Crippen LogP contribution < -0.4 is 26.2 Å². The Hall–Kier alpha value is -5.50. The first-order chi connectivity index (χ1) is 26.2. The number of ether oxygens (including phenoxy) is 2. The summed E-state index contributed by atoms with van der Waals surface area (Å²) in [4.78, 5) is 85.6. The Labute approximate surface area is 321 Å². The molecule has 3 aromatic rings. The molecule has 2 aromatic carbocycles. The van der Waals surface area contributed by atoms with Gasteiger partial charge < -0.3 is 39.8 Å². The highest BCUT2D eigenvalue weighted by atomic mass is 16.5. The number of pyridine rings is 1.